The first-order valence-corrected chi connectivity index (χ1v) is 6.85. The first kappa shape index (κ1) is 14.3. The Morgan fingerprint density at radius 2 is 2.10 bits per heavy atom. The zero-order valence-corrected chi connectivity index (χ0v) is 12.3. The van der Waals surface area contributed by atoms with Crippen LogP contribution in [0.2, 0.25) is 0 Å². The monoisotopic (exact) mass is 294 g/mol. The maximum absolute atomic E-state index is 9.86. The van der Waals surface area contributed by atoms with E-state index in [0.717, 1.165) is 11.3 Å². The second kappa shape index (κ2) is 4.99. The van der Waals surface area contributed by atoms with Gasteiger partial charge < -0.3 is 14.9 Å². The van der Waals surface area contributed by atoms with Crippen molar-refractivity contribution in [1.29, 1.82) is 0 Å². The van der Waals surface area contributed by atoms with Crippen LogP contribution in [0, 0.1) is 0 Å². The average molecular weight is 294 g/mol. The summed E-state index contributed by atoms with van der Waals surface area (Å²) >= 11 is 0. The van der Waals surface area contributed by atoms with E-state index in [9.17, 15) is 10.2 Å². The van der Waals surface area contributed by atoms with E-state index < -0.39 is 12.2 Å². The summed E-state index contributed by atoms with van der Waals surface area (Å²) in [7, 11) is 6.04. The average Bonchev–Trinajstić information content (AvgIpc) is 3.00. The molecule has 0 saturated carbocycles. The Morgan fingerprint density at radius 1 is 1.33 bits per heavy atom. The van der Waals surface area contributed by atoms with Crippen molar-refractivity contribution < 1.29 is 14.9 Å². The van der Waals surface area contributed by atoms with E-state index in [-0.39, 0.29) is 12.8 Å². The van der Waals surface area contributed by atoms with Crippen LogP contribution in [0.4, 0.5) is 5.82 Å². The lowest BCUT2D eigenvalue weighted by molar-refractivity contribution is -0.0432. The highest BCUT2D eigenvalue weighted by Crippen LogP contribution is 2.32. The molecule has 2 N–H and O–H groups in total. The lowest BCUT2D eigenvalue weighted by Crippen LogP contribution is -2.36. The zero-order chi connectivity index (χ0) is 15.2. The van der Waals surface area contributed by atoms with Crippen LogP contribution in [0.15, 0.2) is 12.7 Å². The molecule has 8 nitrogen and oxygen atoms in total. The number of imidazole rings is 1. The van der Waals surface area contributed by atoms with E-state index in [1.807, 2.05) is 21.1 Å². The van der Waals surface area contributed by atoms with Gasteiger partial charge in [0.15, 0.2) is 11.2 Å². The van der Waals surface area contributed by atoms with Crippen LogP contribution < -0.4 is 4.48 Å². The van der Waals surface area contributed by atoms with Gasteiger partial charge in [0, 0.05) is 6.42 Å². The topological polar surface area (TPSA) is 93.3 Å². The van der Waals surface area contributed by atoms with Gasteiger partial charge in [0.05, 0.1) is 40.2 Å². The molecule has 114 valence electrons. The molecule has 2 aromatic rings. The van der Waals surface area contributed by atoms with Crippen LogP contribution in [0.1, 0.15) is 12.6 Å². The van der Waals surface area contributed by atoms with Crippen molar-refractivity contribution in [1.82, 2.24) is 24.0 Å². The molecule has 21 heavy (non-hydrogen) atoms. The minimum absolute atomic E-state index is 0.205. The maximum atomic E-state index is 9.86. The molecule has 0 bridgehead atoms. The molecular weight excluding hydrogens is 274 g/mol. The van der Waals surface area contributed by atoms with Gasteiger partial charge in [-0.2, -0.15) is 4.98 Å². The summed E-state index contributed by atoms with van der Waals surface area (Å²) in [5, 5.41) is 19.0. The molecule has 0 spiro atoms. The molecule has 8 heteroatoms. The number of hydrogen-bond donors (Lipinski definition) is 2. The van der Waals surface area contributed by atoms with Crippen LogP contribution in [-0.2, 0) is 4.74 Å². The Morgan fingerprint density at radius 3 is 2.71 bits per heavy atom. The second-order valence-electron chi connectivity index (χ2n) is 6.15. The summed E-state index contributed by atoms with van der Waals surface area (Å²) in [4.78, 5) is 13.0. The van der Waals surface area contributed by atoms with Gasteiger partial charge in [0.25, 0.3) is 5.82 Å². The van der Waals surface area contributed by atoms with Crippen LogP contribution in [-0.4, -0.2) is 69.7 Å². The summed E-state index contributed by atoms with van der Waals surface area (Å²) in [5.41, 5.74) is 1.39. The van der Waals surface area contributed by atoms with Crippen LogP contribution in [0.25, 0.3) is 11.2 Å². The van der Waals surface area contributed by atoms with E-state index in [2.05, 4.69) is 15.0 Å². The Bertz CT molecular complexity index is 651. The molecule has 2 aromatic heterocycles. The number of hydrogen-bond acceptors (Lipinski definition) is 6. The number of nitrogens with zero attached hydrogens (tertiary/aromatic N) is 5. The predicted molar refractivity (Wildman–Crippen MR) is 76.5 cm³/mol. The molecule has 0 radical (unpaired) electrons. The van der Waals surface area contributed by atoms with Crippen molar-refractivity contribution in [2.75, 3.05) is 27.7 Å². The number of fused-ring (bicyclic) bond motifs is 1. The minimum Gasteiger partial charge on any atom is -0.394 e. The third-order valence-corrected chi connectivity index (χ3v) is 3.67. The Kier molecular flexibility index (Phi) is 3.40. The number of aliphatic hydroxyl groups is 2. The van der Waals surface area contributed by atoms with E-state index in [1.54, 1.807) is 10.9 Å². The SMILES string of the molecule is C[N+](C)(C)c1ncnc2c1ncn2[C@H]1C[C@H](O)[C@@H](CO)O1. The molecule has 1 aliphatic rings. The summed E-state index contributed by atoms with van der Waals surface area (Å²) in [6.45, 7) is -0.205. The minimum atomic E-state index is -0.683. The zero-order valence-electron chi connectivity index (χ0n) is 12.3. The van der Waals surface area contributed by atoms with Crippen molar-refractivity contribution >= 4 is 17.0 Å². The largest absolute Gasteiger partial charge is 0.394 e. The molecule has 1 fully saturated rings. The van der Waals surface area contributed by atoms with E-state index in [0.29, 0.717) is 16.6 Å². The predicted octanol–water partition coefficient (Wildman–Crippen LogP) is -0.336. The first-order valence-electron chi connectivity index (χ1n) is 6.85. The van der Waals surface area contributed by atoms with Gasteiger partial charge in [-0.1, -0.05) is 0 Å². The van der Waals surface area contributed by atoms with Crippen molar-refractivity contribution in [2.45, 2.75) is 24.9 Å². The van der Waals surface area contributed by atoms with Crippen LogP contribution >= 0.6 is 0 Å². The summed E-state index contributed by atoms with van der Waals surface area (Å²) in [6, 6.07) is 0. The number of quaternary nitrogens is 1. The molecule has 3 heterocycles. The van der Waals surface area contributed by atoms with Crippen molar-refractivity contribution in [3.63, 3.8) is 0 Å². The molecule has 3 atom stereocenters. The third kappa shape index (κ3) is 2.40. The molecule has 3 rings (SSSR count). The normalized spacial score (nSPS) is 26.6. The van der Waals surface area contributed by atoms with Crippen LogP contribution in [0.5, 0.6) is 0 Å². The first-order chi connectivity index (χ1) is 9.91. The lowest BCUT2D eigenvalue weighted by atomic mass is 10.2. The molecule has 0 aliphatic carbocycles. The summed E-state index contributed by atoms with van der Waals surface area (Å²) < 4.78 is 7.98. The van der Waals surface area contributed by atoms with E-state index >= 15 is 0 Å². The molecule has 0 unspecified atom stereocenters. The van der Waals surface area contributed by atoms with Gasteiger partial charge in [-0.05, 0) is 0 Å². The fourth-order valence-corrected chi connectivity index (χ4v) is 2.59. The fourth-order valence-electron chi connectivity index (χ4n) is 2.59. The number of rotatable bonds is 3. The highest BCUT2D eigenvalue weighted by atomic mass is 16.5. The standard InChI is InChI=1S/C13H20N5O3/c1-18(2,3)13-11-12(14-6-15-13)17(7-16-11)10-4-8(20)9(5-19)21-10/h6-10,19-20H,4-5H2,1-3H3/q+1/t8-,9+,10+/m0/s1. The Labute approximate surface area is 122 Å². The second-order valence-corrected chi connectivity index (χ2v) is 6.15. The van der Waals surface area contributed by atoms with Crippen molar-refractivity contribution in [3.05, 3.63) is 12.7 Å². The third-order valence-electron chi connectivity index (χ3n) is 3.67. The molecule has 1 aliphatic heterocycles. The number of aliphatic hydroxyl groups excluding tert-OH is 2. The molecule has 1 saturated heterocycles. The van der Waals surface area contributed by atoms with Crippen molar-refractivity contribution in [2.24, 2.45) is 0 Å². The quantitative estimate of drug-likeness (QED) is 0.753. The van der Waals surface area contributed by atoms with Crippen molar-refractivity contribution in [3.8, 4) is 0 Å². The van der Waals surface area contributed by atoms with Gasteiger partial charge in [-0.3, -0.25) is 9.05 Å². The van der Waals surface area contributed by atoms with Gasteiger partial charge in [-0.25, -0.2) is 9.97 Å². The lowest BCUT2D eigenvalue weighted by Gasteiger charge is -2.21. The van der Waals surface area contributed by atoms with Gasteiger partial charge in [0.1, 0.15) is 18.7 Å². The van der Waals surface area contributed by atoms with E-state index in [1.165, 1.54) is 6.33 Å². The van der Waals surface area contributed by atoms with Gasteiger partial charge in [0.2, 0.25) is 0 Å². The molecule has 0 aromatic carbocycles. The molecular formula is C13H20N5O3+. The Hall–Kier alpha value is -1.61. The highest BCUT2D eigenvalue weighted by Gasteiger charge is 2.36. The number of aromatic nitrogens is 4. The highest BCUT2D eigenvalue weighted by molar-refractivity contribution is 5.81. The molecule has 0 amide bonds. The van der Waals surface area contributed by atoms with Gasteiger partial charge in [-0.15, -0.1) is 0 Å². The smallest absolute Gasteiger partial charge is 0.258 e. The fraction of sp³-hybridized carbons (Fsp3) is 0.615. The van der Waals surface area contributed by atoms with E-state index in [4.69, 9.17) is 4.74 Å². The Balaban J connectivity index is 2.02. The number of ether oxygens (including phenoxy) is 1. The summed E-state index contributed by atoms with van der Waals surface area (Å²) in [5.74, 6) is 0.816. The maximum Gasteiger partial charge on any atom is 0.258 e. The van der Waals surface area contributed by atoms with Gasteiger partial charge >= 0.3 is 0 Å². The summed E-state index contributed by atoms with van der Waals surface area (Å²) in [6.07, 6.45) is 1.94. The van der Waals surface area contributed by atoms with Crippen LogP contribution in [0.3, 0.4) is 0 Å².